The van der Waals surface area contributed by atoms with E-state index in [0.29, 0.717) is 0 Å². The van der Waals surface area contributed by atoms with Gasteiger partial charge in [-0.25, -0.2) is 0 Å². The van der Waals surface area contributed by atoms with Gasteiger partial charge in [0.1, 0.15) is 5.75 Å². The van der Waals surface area contributed by atoms with Crippen molar-refractivity contribution < 1.29 is 9.47 Å². The Hall–Kier alpha value is -1.75. The highest BCUT2D eigenvalue weighted by Crippen LogP contribution is 2.28. The van der Waals surface area contributed by atoms with E-state index in [1.165, 1.54) is 18.4 Å². The molecule has 0 aromatic heterocycles. The van der Waals surface area contributed by atoms with Gasteiger partial charge in [-0.1, -0.05) is 12.1 Å². The van der Waals surface area contributed by atoms with Crippen molar-refractivity contribution >= 4 is 5.96 Å². The van der Waals surface area contributed by atoms with Crippen molar-refractivity contribution in [3.05, 3.63) is 29.8 Å². The summed E-state index contributed by atoms with van der Waals surface area (Å²) in [7, 11) is 3.84. The number of aliphatic imine (C=N–C) groups is 1. The minimum Gasteiger partial charge on any atom is -0.491 e. The Morgan fingerprint density at radius 3 is 2.83 bits per heavy atom. The molecule has 1 N–H and O–H groups in total. The van der Waals surface area contributed by atoms with E-state index in [9.17, 15) is 0 Å². The summed E-state index contributed by atoms with van der Waals surface area (Å²) in [5, 5.41) is 3.39. The standard InChI is InChI=1S/C19H31N3O2/c1-15(2)24-18-7-5-6-17(12-18)13-21-19(20-3)22(4)10-11-23-14-16-8-9-16/h5-7,12,15-16H,8-11,13-14H2,1-4H3,(H,20,21). The van der Waals surface area contributed by atoms with Crippen molar-refractivity contribution in [3.8, 4) is 5.75 Å². The van der Waals surface area contributed by atoms with Gasteiger partial charge < -0.3 is 19.7 Å². The van der Waals surface area contributed by atoms with Crippen LogP contribution in [0, 0.1) is 5.92 Å². The zero-order valence-corrected chi connectivity index (χ0v) is 15.4. The number of hydrogen-bond donors (Lipinski definition) is 1. The van der Waals surface area contributed by atoms with Crippen LogP contribution in [-0.2, 0) is 11.3 Å². The number of hydrogen-bond acceptors (Lipinski definition) is 3. The molecule has 0 saturated heterocycles. The summed E-state index contributed by atoms with van der Waals surface area (Å²) in [6.07, 6.45) is 2.85. The smallest absolute Gasteiger partial charge is 0.193 e. The molecule has 0 heterocycles. The van der Waals surface area contributed by atoms with Crippen LogP contribution in [0.3, 0.4) is 0 Å². The summed E-state index contributed by atoms with van der Waals surface area (Å²) in [4.78, 5) is 6.44. The van der Waals surface area contributed by atoms with Gasteiger partial charge in [0, 0.05) is 33.8 Å². The molecule has 1 aromatic carbocycles. The monoisotopic (exact) mass is 333 g/mol. The van der Waals surface area contributed by atoms with Gasteiger partial charge in [0.15, 0.2) is 5.96 Å². The minimum absolute atomic E-state index is 0.183. The van der Waals surface area contributed by atoms with Crippen LogP contribution in [0.1, 0.15) is 32.3 Å². The van der Waals surface area contributed by atoms with Crippen molar-refractivity contribution in [3.63, 3.8) is 0 Å². The lowest BCUT2D eigenvalue weighted by Gasteiger charge is -2.22. The highest BCUT2D eigenvalue weighted by molar-refractivity contribution is 5.79. The lowest BCUT2D eigenvalue weighted by atomic mass is 10.2. The van der Waals surface area contributed by atoms with Crippen LogP contribution in [0.4, 0.5) is 0 Å². The number of nitrogens with one attached hydrogen (secondary N) is 1. The van der Waals surface area contributed by atoms with Gasteiger partial charge in [0.2, 0.25) is 0 Å². The second-order valence-corrected chi connectivity index (χ2v) is 6.65. The number of guanidine groups is 1. The van der Waals surface area contributed by atoms with Crippen molar-refractivity contribution in [1.29, 1.82) is 0 Å². The Kier molecular flexibility index (Phi) is 7.37. The normalized spacial score (nSPS) is 14.8. The van der Waals surface area contributed by atoms with E-state index in [4.69, 9.17) is 9.47 Å². The molecule has 24 heavy (non-hydrogen) atoms. The minimum atomic E-state index is 0.183. The maximum atomic E-state index is 5.74. The Morgan fingerprint density at radius 2 is 2.17 bits per heavy atom. The highest BCUT2D eigenvalue weighted by Gasteiger charge is 2.21. The topological polar surface area (TPSA) is 46.1 Å². The highest BCUT2D eigenvalue weighted by atomic mass is 16.5. The van der Waals surface area contributed by atoms with Gasteiger partial charge in [-0.3, -0.25) is 4.99 Å². The molecule has 5 heteroatoms. The molecule has 0 atom stereocenters. The fraction of sp³-hybridized carbons (Fsp3) is 0.632. The molecular formula is C19H31N3O2. The van der Waals surface area contributed by atoms with E-state index >= 15 is 0 Å². The van der Waals surface area contributed by atoms with Gasteiger partial charge in [-0.15, -0.1) is 0 Å². The molecule has 1 aliphatic rings. The summed E-state index contributed by atoms with van der Waals surface area (Å²) < 4.78 is 11.4. The number of ether oxygens (including phenoxy) is 2. The van der Waals surface area contributed by atoms with Crippen LogP contribution < -0.4 is 10.1 Å². The van der Waals surface area contributed by atoms with Gasteiger partial charge in [0.25, 0.3) is 0 Å². The number of benzene rings is 1. The lowest BCUT2D eigenvalue weighted by molar-refractivity contribution is 0.115. The lowest BCUT2D eigenvalue weighted by Crippen LogP contribution is -2.40. The molecule has 1 aromatic rings. The number of rotatable bonds is 9. The zero-order valence-electron chi connectivity index (χ0n) is 15.4. The molecule has 0 radical (unpaired) electrons. The first-order valence-corrected chi connectivity index (χ1v) is 8.83. The molecule has 1 fully saturated rings. The van der Waals surface area contributed by atoms with Crippen LogP contribution in [0.5, 0.6) is 5.75 Å². The summed E-state index contributed by atoms with van der Waals surface area (Å²) in [6.45, 7) is 7.27. The van der Waals surface area contributed by atoms with Gasteiger partial charge in [-0.2, -0.15) is 0 Å². The summed E-state index contributed by atoms with van der Waals surface area (Å²) >= 11 is 0. The number of nitrogens with zero attached hydrogens (tertiary/aromatic N) is 2. The third-order valence-electron chi connectivity index (χ3n) is 3.92. The first-order valence-electron chi connectivity index (χ1n) is 8.83. The molecule has 1 aliphatic carbocycles. The predicted octanol–water partition coefficient (Wildman–Crippen LogP) is 2.91. The summed E-state index contributed by atoms with van der Waals surface area (Å²) in [5.41, 5.74) is 1.17. The molecule has 5 nitrogen and oxygen atoms in total. The van der Waals surface area contributed by atoms with Crippen LogP contribution in [0.25, 0.3) is 0 Å². The van der Waals surface area contributed by atoms with E-state index in [0.717, 1.165) is 43.9 Å². The fourth-order valence-electron chi connectivity index (χ4n) is 2.41. The van der Waals surface area contributed by atoms with Crippen molar-refractivity contribution in [2.24, 2.45) is 10.9 Å². The van der Waals surface area contributed by atoms with Crippen molar-refractivity contribution in [1.82, 2.24) is 10.2 Å². The van der Waals surface area contributed by atoms with E-state index in [2.05, 4.69) is 27.3 Å². The van der Waals surface area contributed by atoms with Crippen molar-refractivity contribution in [2.45, 2.75) is 39.3 Å². The average Bonchev–Trinajstić information content (AvgIpc) is 3.36. The Labute approximate surface area is 146 Å². The zero-order chi connectivity index (χ0) is 17.4. The molecule has 2 rings (SSSR count). The van der Waals surface area contributed by atoms with E-state index < -0.39 is 0 Å². The van der Waals surface area contributed by atoms with Crippen molar-refractivity contribution in [2.75, 3.05) is 33.9 Å². The first kappa shape index (κ1) is 18.6. The van der Waals surface area contributed by atoms with Gasteiger partial charge >= 0.3 is 0 Å². The molecule has 0 bridgehead atoms. The Balaban J connectivity index is 1.75. The second kappa shape index (κ2) is 9.52. The first-order chi connectivity index (χ1) is 11.6. The molecule has 0 spiro atoms. The Bertz CT molecular complexity index is 527. The van der Waals surface area contributed by atoms with E-state index in [1.807, 2.05) is 40.1 Å². The van der Waals surface area contributed by atoms with Crippen LogP contribution in [-0.4, -0.2) is 50.8 Å². The van der Waals surface area contributed by atoms with E-state index in [-0.39, 0.29) is 6.10 Å². The average molecular weight is 333 g/mol. The van der Waals surface area contributed by atoms with Gasteiger partial charge in [-0.05, 0) is 50.3 Å². The largest absolute Gasteiger partial charge is 0.491 e. The maximum absolute atomic E-state index is 5.74. The SMILES string of the molecule is CN=C(NCc1cccc(OC(C)C)c1)N(C)CCOCC1CC1. The Morgan fingerprint density at radius 1 is 1.38 bits per heavy atom. The summed E-state index contributed by atoms with van der Waals surface area (Å²) in [5.74, 6) is 2.59. The molecule has 0 unspecified atom stereocenters. The maximum Gasteiger partial charge on any atom is 0.193 e. The molecule has 0 aliphatic heterocycles. The molecular weight excluding hydrogens is 302 g/mol. The van der Waals surface area contributed by atoms with Crippen LogP contribution >= 0.6 is 0 Å². The quantitative estimate of drug-likeness (QED) is 0.429. The van der Waals surface area contributed by atoms with E-state index in [1.54, 1.807) is 0 Å². The number of likely N-dealkylation sites (N-methyl/N-ethyl adjacent to an activating group) is 1. The molecule has 1 saturated carbocycles. The van der Waals surface area contributed by atoms with Gasteiger partial charge in [0.05, 0.1) is 12.7 Å². The van der Waals surface area contributed by atoms with Crippen LogP contribution in [0.15, 0.2) is 29.3 Å². The predicted molar refractivity (Wildman–Crippen MR) is 98.6 cm³/mol. The molecule has 134 valence electrons. The second-order valence-electron chi connectivity index (χ2n) is 6.65. The third-order valence-corrected chi connectivity index (χ3v) is 3.92. The molecule has 0 amide bonds. The fourth-order valence-corrected chi connectivity index (χ4v) is 2.41. The third kappa shape index (κ3) is 6.79. The van der Waals surface area contributed by atoms with Crippen LogP contribution in [0.2, 0.25) is 0 Å². The summed E-state index contributed by atoms with van der Waals surface area (Å²) in [6, 6.07) is 8.17.